The molecule has 3 rings (SSSR count). The smallest absolute Gasteiger partial charge is 0.230 e. The van der Waals surface area contributed by atoms with Crippen molar-refractivity contribution in [3.8, 4) is 5.13 Å². The molecule has 0 saturated carbocycles. The van der Waals surface area contributed by atoms with Crippen LogP contribution in [0.2, 0.25) is 5.02 Å². The summed E-state index contributed by atoms with van der Waals surface area (Å²) < 4.78 is 1.72. The van der Waals surface area contributed by atoms with Gasteiger partial charge in [0.05, 0.1) is 28.5 Å². The lowest BCUT2D eigenvalue weighted by Crippen LogP contribution is -2.15. The summed E-state index contributed by atoms with van der Waals surface area (Å²) in [6.45, 7) is 5.83. The minimum absolute atomic E-state index is 0.0795. The molecule has 0 bridgehead atoms. The second-order valence-electron chi connectivity index (χ2n) is 5.75. The first kappa shape index (κ1) is 17.6. The van der Waals surface area contributed by atoms with Crippen molar-refractivity contribution < 1.29 is 4.79 Å². The molecule has 1 aromatic carbocycles. The van der Waals surface area contributed by atoms with Gasteiger partial charge in [0.15, 0.2) is 0 Å². The van der Waals surface area contributed by atoms with E-state index >= 15 is 0 Å². The Kier molecular flexibility index (Phi) is 5.20. The number of hydrogen-bond donors (Lipinski definition) is 1. The summed E-state index contributed by atoms with van der Waals surface area (Å²) >= 11 is 7.63. The third kappa shape index (κ3) is 3.75. The van der Waals surface area contributed by atoms with E-state index in [-0.39, 0.29) is 12.3 Å². The molecule has 1 N–H and O–H groups in total. The topological polar surface area (TPSA) is 59.8 Å². The van der Waals surface area contributed by atoms with E-state index in [9.17, 15) is 4.79 Å². The maximum absolute atomic E-state index is 12.3. The van der Waals surface area contributed by atoms with Gasteiger partial charge in [-0.25, -0.2) is 9.67 Å². The van der Waals surface area contributed by atoms with Gasteiger partial charge in [-0.3, -0.25) is 4.79 Å². The average molecular weight is 375 g/mol. The highest BCUT2D eigenvalue weighted by Gasteiger charge is 2.15. The normalized spacial score (nSPS) is 10.9. The number of nitrogens with one attached hydrogen (secondary N) is 1. The molecular weight excluding hydrogens is 356 g/mol. The van der Waals surface area contributed by atoms with Crippen LogP contribution in [0.5, 0.6) is 0 Å². The van der Waals surface area contributed by atoms with Crippen molar-refractivity contribution >= 4 is 34.5 Å². The van der Waals surface area contributed by atoms with Crippen LogP contribution >= 0.6 is 22.9 Å². The Morgan fingerprint density at radius 1 is 1.32 bits per heavy atom. The molecule has 0 saturated heterocycles. The summed E-state index contributed by atoms with van der Waals surface area (Å²) in [5.74, 6) is -0.0795. The van der Waals surface area contributed by atoms with Crippen molar-refractivity contribution in [3.05, 3.63) is 57.3 Å². The summed E-state index contributed by atoms with van der Waals surface area (Å²) in [5.41, 5.74) is 4.31. The molecule has 3 aromatic rings. The van der Waals surface area contributed by atoms with E-state index in [1.165, 1.54) is 11.3 Å². The van der Waals surface area contributed by atoms with Gasteiger partial charge in [-0.1, -0.05) is 36.7 Å². The highest BCUT2D eigenvalue weighted by molar-refractivity contribution is 7.12. The average Bonchev–Trinajstić information content (AvgIpc) is 3.15. The lowest BCUT2D eigenvalue weighted by Gasteiger charge is -2.08. The van der Waals surface area contributed by atoms with Gasteiger partial charge in [0.25, 0.3) is 0 Å². The first-order valence-electron chi connectivity index (χ1n) is 8.03. The maximum Gasteiger partial charge on any atom is 0.230 e. The number of carbonyl (C=O) groups excluding carboxylic acids is 1. The number of aromatic nitrogens is 3. The van der Waals surface area contributed by atoms with Crippen molar-refractivity contribution in [2.45, 2.75) is 33.6 Å². The molecule has 0 spiro atoms. The van der Waals surface area contributed by atoms with Crippen LogP contribution in [0.4, 0.5) is 5.69 Å². The standard InChI is InChI=1S/C18H19ClN4OS/c1-4-13-7-5-6-8-15(13)21-16(24)9-14-10-25-18(20-14)23-12(3)17(19)11(2)22-23/h5-8,10H,4,9H2,1-3H3,(H,21,24). The van der Waals surface area contributed by atoms with Crippen molar-refractivity contribution in [1.82, 2.24) is 14.8 Å². The van der Waals surface area contributed by atoms with Gasteiger partial charge in [0.1, 0.15) is 0 Å². The van der Waals surface area contributed by atoms with Crippen LogP contribution in [0.25, 0.3) is 5.13 Å². The fourth-order valence-corrected chi connectivity index (χ4v) is 3.54. The highest BCUT2D eigenvalue weighted by atomic mass is 35.5. The Bertz CT molecular complexity index is 916. The van der Waals surface area contributed by atoms with Gasteiger partial charge in [-0.05, 0) is 31.9 Å². The molecule has 130 valence electrons. The molecule has 2 heterocycles. The SMILES string of the molecule is CCc1ccccc1NC(=O)Cc1csc(-n2nc(C)c(Cl)c2C)n1. The number of rotatable bonds is 5. The lowest BCUT2D eigenvalue weighted by atomic mass is 10.1. The number of hydrogen-bond acceptors (Lipinski definition) is 4. The summed E-state index contributed by atoms with van der Waals surface area (Å²) in [7, 11) is 0. The predicted molar refractivity (Wildman–Crippen MR) is 102 cm³/mol. The van der Waals surface area contributed by atoms with Crippen LogP contribution in [0.1, 0.15) is 29.6 Å². The van der Waals surface area contributed by atoms with Crippen LogP contribution in [-0.4, -0.2) is 20.7 Å². The minimum Gasteiger partial charge on any atom is -0.325 e. The second-order valence-corrected chi connectivity index (χ2v) is 6.97. The third-order valence-electron chi connectivity index (χ3n) is 3.94. The van der Waals surface area contributed by atoms with E-state index in [1.54, 1.807) is 4.68 Å². The summed E-state index contributed by atoms with van der Waals surface area (Å²) in [6, 6.07) is 7.83. The molecule has 0 radical (unpaired) electrons. The van der Waals surface area contributed by atoms with Crippen molar-refractivity contribution in [2.75, 3.05) is 5.32 Å². The molecule has 0 aliphatic heterocycles. The van der Waals surface area contributed by atoms with Crippen LogP contribution in [0.3, 0.4) is 0 Å². The minimum atomic E-state index is -0.0795. The van der Waals surface area contributed by atoms with E-state index in [1.807, 2.05) is 43.5 Å². The van der Waals surface area contributed by atoms with Crippen LogP contribution in [0.15, 0.2) is 29.6 Å². The van der Waals surface area contributed by atoms with Gasteiger partial charge in [0.2, 0.25) is 11.0 Å². The number of thiazole rings is 1. The lowest BCUT2D eigenvalue weighted by molar-refractivity contribution is -0.115. The summed E-state index contributed by atoms with van der Waals surface area (Å²) in [6.07, 6.45) is 1.09. The van der Waals surface area contributed by atoms with E-state index < -0.39 is 0 Å². The van der Waals surface area contributed by atoms with Crippen molar-refractivity contribution in [2.24, 2.45) is 0 Å². The molecule has 25 heavy (non-hydrogen) atoms. The molecule has 7 heteroatoms. The molecule has 0 atom stereocenters. The summed E-state index contributed by atoms with van der Waals surface area (Å²) in [5, 5.41) is 10.6. The molecule has 0 aliphatic rings. The number of aryl methyl sites for hydroxylation is 2. The molecule has 0 aliphatic carbocycles. The molecule has 5 nitrogen and oxygen atoms in total. The van der Waals surface area contributed by atoms with Gasteiger partial charge in [-0.2, -0.15) is 5.10 Å². The first-order valence-corrected chi connectivity index (χ1v) is 9.29. The van der Waals surface area contributed by atoms with Crippen molar-refractivity contribution in [3.63, 3.8) is 0 Å². The molecule has 2 aromatic heterocycles. The predicted octanol–water partition coefficient (Wildman–Crippen LogP) is 4.34. The third-order valence-corrected chi connectivity index (χ3v) is 5.35. The Morgan fingerprint density at radius 2 is 2.08 bits per heavy atom. The monoisotopic (exact) mass is 374 g/mol. The van der Waals surface area contributed by atoms with Gasteiger partial charge < -0.3 is 5.32 Å². The number of halogens is 1. The molecule has 1 amide bonds. The van der Waals surface area contributed by atoms with Crippen LogP contribution in [0, 0.1) is 13.8 Å². The maximum atomic E-state index is 12.3. The van der Waals surface area contributed by atoms with Crippen molar-refractivity contribution in [1.29, 1.82) is 0 Å². The van der Waals surface area contributed by atoms with Gasteiger partial charge >= 0.3 is 0 Å². The van der Waals surface area contributed by atoms with E-state index in [0.717, 1.165) is 34.8 Å². The highest BCUT2D eigenvalue weighted by Crippen LogP contribution is 2.24. The van der Waals surface area contributed by atoms with Crippen LogP contribution in [-0.2, 0) is 17.6 Å². The Balaban J connectivity index is 1.73. The Morgan fingerprint density at radius 3 is 2.76 bits per heavy atom. The van der Waals surface area contributed by atoms with Gasteiger partial charge in [0, 0.05) is 11.1 Å². The first-order chi connectivity index (χ1) is 12.0. The number of benzene rings is 1. The Labute approximate surface area is 155 Å². The zero-order valence-corrected chi connectivity index (χ0v) is 15.9. The zero-order valence-electron chi connectivity index (χ0n) is 14.3. The number of anilines is 1. The zero-order chi connectivity index (χ0) is 18.0. The fraction of sp³-hybridized carbons (Fsp3) is 0.278. The number of nitrogens with zero attached hydrogens (tertiary/aromatic N) is 3. The van der Waals surface area contributed by atoms with Crippen LogP contribution < -0.4 is 5.32 Å². The largest absolute Gasteiger partial charge is 0.325 e. The summed E-state index contributed by atoms with van der Waals surface area (Å²) in [4.78, 5) is 16.9. The second kappa shape index (κ2) is 7.37. The Hall–Kier alpha value is -2.18. The molecule has 0 fully saturated rings. The quantitative estimate of drug-likeness (QED) is 0.722. The molecule has 0 unspecified atom stereocenters. The number of carbonyl (C=O) groups is 1. The van der Waals surface area contributed by atoms with E-state index in [2.05, 4.69) is 22.3 Å². The van der Waals surface area contributed by atoms with E-state index in [0.29, 0.717) is 10.2 Å². The fourth-order valence-electron chi connectivity index (χ4n) is 2.59. The number of para-hydroxylation sites is 1. The van der Waals surface area contributed by atoms with E-state index in [4.69, 9.17) is 11.6 Å². The van der Waals surface area contributed by atoms with Gasteiger partial charge in [-0.15, -0.1) is 11.3 Å². The molecular formula is C18H19ClN4OS. The number of amides is 1.